The van der Waals surface area contributed by atoms with E-state index in [1.165, 1.54) is 24.0 Å². The lowest BCUT2D eigenvalue weighted by Gasteiger charge is -2.15. The third-order valence-electron chi connectivity index (χ3n) is 3.54. The first-order valence-corrected chi connectivity index (χ1v) is 5.88. The van der Waals surface area contributed by atoms with Crippen LogP contribution >= 0.6 is 0 Å². The molecular formula is C13H16N2O. The molecule has 1 aromatic carbocycles. The number of amides is 1. The molecule has 0 bridgehead atoms. The maximum absolute atomic E-state index is 11.9. The third-order valence-corrected chi connectivity index (χ3v) is 3.54. The quantitative estimate of drug-likeness (QED) is 0.751. The van der Waals surface area contributed by atoms with E-state index in [0.29, 0.717) is 12.5 Å². The molecule has 2 N–H and O–H groups in total. The van der Waals surface area contributed by atoms with Crippen LogP contribution in [-0.2, 0) is 11.3 Å². The summed E-state index contributed by atoms with van der Waals surface area (Å²) in [6.45, 7) is 2.74. The maximum Gasteiger partial charge on any atom is 0.243 e. The molecule has 3 nitrogen and oxygen atoms in total. The molecule has 1 saturated carbocycles. The van der Waals surface area contributed by atoms with E-state index in [2.05, 4.69) is 29.7 Å². The Bertz CT molecular complexity index is 438. The first-order valence-electron chi connectivity index (χ1n) is 5.88. The number of carbonyl (C=O) groups excluding carboxylic acids is 1. The van der Waals surface area contributed by atoms with Gasteiger partial charge in [-0.25, -0.2) is 0 Å². The van der Waals surface area contributed by atoms with Crippen molar-refractivity contribution in [3.8, 4) is 0 Å². The second-order valence-electron chi connectivity index (χ2n) is 4.78. The van der Waals surface area contributed by atoms with Crippen molar-refractivity contribution in [1.29, 1.82) is 0 Å². The number of fused-ring (bicyclic) bond motifs is 1. The first-order chi connectivity index (χ1) is 7.75. The third kappa shape index (κ3) is 1.56. The van der Waals surface area contributed by atoms with Crippen molar-refractivity contribution in [3.05, 3.63) is 29.3 Å². The van der Waals surface area contributed by atoms with Gasteiger partial charge in [-0.1, -0.05) is 12.1 Å². The summed E-state index contributed by atoms with van der Waals surface area (Å²) in [6.07, 6.45) is 2.35. The first kappa shape index (κ1) is 9.70. The number of benzene rings is 1. The van der Waals surface area contributed by atoms with Gasteiger partial charge in [-0.15, -0.1) is 0 Å². The van der Waals surface area contributed by atoms with Crippen LogP contribution in [0.3, 0.4) is 0 Å². The van der Waals surface area contributed by atoms with Crippen LogP contribution in [-0.4, -0.2) is 11.9 Å². The lowest BCUT2D eigenvalue weighted by Crippen LogP contribution is -2.38. The molecule has 2 aliphatic rings. The SMILES string of the molecule is Cc1cccc2c1CNC(=O)C(C1CC1)N2. The van der Waals surface area contributed by atoms with Gasteiger partial charge in [-0.3, -0.25) is 4.79 Å². The molecule has 84 valence electrons. The number of anilines is 1. The van der Waals surface area contributed by atoms with E-state index in [-0.39, 0.29) is 11.9 Å². The number of nitrogens with one attached hydrogen (secondary N) is 2. The van der Waals surface area contributed by atoms with Crippen molar-refractivity contribution in [2.75, 3.05) is 5.32 Å². The molecule has 3 rings (SSSR count). The van der Waals surface area contributed by atoms with E-state index < -0.39 is 0 Å². The minimum atomic E-state index is -0.0250. The monoisotopic (exact) mass is 216 g/mol. The zero-order valence-electron chi connectivity index (χ0n) is 9.42. The van der Waals surface area contributed by atoms with Crippen LogP contribution in [0.15, 0.2) is 18.2 Å². The van der Waals surface area contributed by atoms with Crippen molar-refractivity contribution in [1.82, 2.24) is 5.32 Å². The molecule has 0 aromatic heterocycles. The highest BCUT2D eigenvalue weighted by molar-refractivity contribution is 5.87. The van der Waals surface area contributed by atoms with Crippen LogP contribution in [0.1, 0.15) is 24.0 Å². The van der Waals surface area contributed by atoms with E-state index in [4.69, 9.17) is 0 Å². The Morgan fingerprint density at radius 3 is 2.88 bits per heavy atom. The zero-order chi connectivity index (χ0) is 11.1. The van der Waals surface area contributed by atoms with Crippen LogP contribution < -0.4 is 10.6 Å². The smallest absolute Gasteiger partial charge is 0.243 e. The fraction of sp³-hybridized carbons (Fsp3) is 0.462. The highest BCUT2D eigenvalue weighted by Gasteiger charge is 2.37. The van der Waals surface area contributed by atoms with Crippen molar-refractivity contribution in [2.24, 2.45) is 5.92 Å². The van der Waals surface area contributed by atoms with E-state index in [9.17, 15) is 4.79 Å². The van der Waals surface area contributed by atoms with E-state index in [1.807, 2.05) is 6.07 Å². The second-order valence-corrected chi connectivity index (χ2v) is 4.78. The molecule has 1 amide bonds. The van der Waals surface area contributed by atoms with Gasteiger partial charge < -0.3 is 10.6 Å². The summed E-state index contributed by atoms with van der Waals surface area (Å²) < 4.78 is 0. The molecule has 1 fully saturated rings. The van der Waals surface area contributed by atoms with Gasteiger partial charge in [0.25, 0.3) is 0 Å². The molecular weight excluding hydrogens is 200 g/mol. The van der Waals surface area contributed by atoms with Gasteiger partial charge in [-0.05, 0) is 42.9 Å². The second kappa shape index (κ2) is 3.51. The predicted octanol–water partition coefficient (Wildman–Crippen LogP) is 1.82. The van der Waals surface area contributed by atoms with Crippen molar-refractivity contribution in [3.63, 3.8) is 0 Å². The van der Waals surface area contributed by atoms with Gasteiger partial charge in [0.1, 0.15) is 6.04 Å². The number of hydrogen-bond donors (Lipinski definition) is 2. The van der Waals surface area contributed by atoms with Crippen LogP contribution in [0.5, 0.6) is 0 Å². The molecule has 1 aromatic rings. The van der Waals surface area contributed by atoms with Crippen LogP contribution in [0.4, 0.5) is 5.69 Å². The Kier molecular flexibility index (Phi) is 2.13. The number of hydrogen-bond acceptors (Lipinski definition) is 2. The number of aryl methyl sites for hydroxylation is 1. The summed E-state index contributed by atoms with van der Waals surface area (Å²) in [5.41, 5.74) is 3.58. The van der Waals surface area contributed by atoms with Gasteiger partial charge >= 0.3 is 0 Å². The molecule has 16 heavy (non-hydrogen) atoms. The lowest BCUT2D eigenvalue weighted by atomic mass is 10.1. The largest absolute Gasteiger partial charge is 0.373 e. The molecule has 1 aliphatic heterocycles. The number of carbonyl (C=O) groups is 1. The molecule has 1 heterocycles. The summed E-state index contributed by atoms with van der Waals surface area (Å²) in [4.78, 5) is 11.9. The van der Waals surface area contributed by atoms with E-state index in [0.717, 1.165) is 5.69 Å². The van der Waals surface area contributed by atoms with E-state index in [1.54, 1.807) is 0 Å². The summed E-state index contributed by atoms with van der Waals surface area (Å²) >= 11 is 0. The summed E-state index contributed by atoms with van der Waals surface area (Å²) in [5.74, 6) is 0.685. The van der Waals surface area contributed by atoms with Crippen molar-refractivity contribution >= 4 is 11.6 Å². The Balaban J connectivity index is 1.97. The number of rotatable bonds is 1. The topological polar surface area (TPSA) is 41.1 Å². The maximum atomic E-state index is 11.9. The van der Waals surface area contributed by atoms with Crippen molar-refractivity contribution < 1.29 is 4.79 Å². The minimum Gasteiger partial charge on any atom is -0.373 e. The molecule has 1 aliphatic carbocycles. The fourth-order valence-corrected chi connectivity index (χ4v) is 2.35. The average Bonchev–Trinajstić information content (AvgIpc) is 3.06. The van der Waals surface area contributed by atoms with Gasteiger partial charge in [0, 0.05) is 12.2 Å². The van der Waals surface area contributed by atoms with Crippen LogP contribution in [0, 0.1) is 12.8 Å². The lowest BCUT2D eigenvalue weighted by molar-refractivity contribution is -0.122. The Labute approximate surface area is 95.2 Å². The van der Waals surface area contributed by atoms with Crippen molar-refractivity contribution in [2.45, 2.75) is 32.4 Å². The van der Waals surface area contributed by atoms with Crippen LogP contribution in [0.25, 0.3) is 0 Å². The predicted molar refractivity (Wildman–Crippen MR) is 63.2 cm³/mol. The van der Waals surface area contributed by atoms with Gasteiger partial charge in [0.2, 0.25) is 5.91 Å². The van der Waals surface area contributed by atoms with Gasteiger partial charge in [0.15, 0.2) is 0 Å². The summed E-state index contributed by atoms with van der Waals surface area (Å²) in [6, 6.07) is 6.17. The fourth-order valence-electron chi connectivity index (χ4n) is 2.35. The molecule has 1 atom stereocenters. The Morgan fingerprint density at radius 2 is 2.12 bits per heavy atom. The summed E-state index contributed by atoms with van der Waals surface area (Å²) in [5, 5.41) is 6.41. The van der Waals surface area contributed by atoms with Crippen LogP contribution in [0.2, 0.25) is 0 Å². The molecule has 3 heteroatoms. The minimum absolute atomic E-state index is 0.0250. The Morgan fingerprint density at radius 1 is 1.31 bits per heavy atom. The highest BCUT2D eigenvalue weighted by atomic mass is 16.2. The average molecular weight is 216 g/mol. The summed E-state index contributed by atoms with van der Waals surface area (Å²) in [7, 11) is 0. The zero-order valence-corrected chi connectivity index (χ0v) is 9.42. The standard InChI is InChI=1S/C13H16N2O/c1-8-3-2-4-11-10(8)7-14-13(16)12(15-11)9-5-6-9/h2-4,9,12,15H,5-7H2,1H3,(H,14,16). The molecule has 0 radical (unpaired) electrons. The molecule has 1 unspecified atom stereocenters. The van der Waals surface area contributed by atoms with Gasteiger partial charge in [-0.2, -0.15) is 0 Å². The molecule has 0 spiro atoms. The van der Waals surface area contributed by atoms with E-state index >= 15 is 0 Å². The normalized spacial score (nSPS) is 24.1. The molecule has 0 saturated heterocycles. The van der Waals surface area contributed by atoms with Gasteiger partial charge in [0.05, 0.1) is 0 Å². The Hall–Kier alpha value is -1.51. The highest BCUT2D eigenvalue weighted by Crippen LogP contribution is 2.36.